The van der Waals surface area contributed by atoms with Crippen molar-refractivity contribution in [2.45, 2.75) is 6.92 Å². The molecular weight excluding hydrogens is 386 g/mol. The zero-order valence-electron chi connectivity index (χ0n) is 15.6. The topological polar surface area (TPSA) is 76.2 Å². The highest BCUT2D eigenvalue weighted by Crippen LogP contribution is 2.38. The van der Waals surface area contributed by atoms with Gasteiger partial charge in [0.25, 0.3) is 5.91 Å². The smallest absolute Gasteiger partial charge is 0.266 e. The van der Waals surface area contributed by atoms with Crippen molar-refractivity contribution in [3.63, 3.8) is 0 Å². The van der Waals surface area contributed by atoms with E-state index in [-0.39, 0.29) is 12.7 Å². The fraction of sp³-hybridized carbons (Fsp3) is 0.0909. The number of amides is 1. The van der Waals surface area contributed by atoms with E-state index >= 15 is 0 Å². The standard InChI is InChI=1S/C22H17N3O3S/c1-13-8-9-29-21(13)22(26)23-18-11-20-19(27-12-28-20)10-14(18)6-7-17-15-4-2-3-5-16(15)24-25-17/h2-11H,12H2,1H3,(H,23,26)(H,24,25)/b7-6+. The lowest BCUT2D eigenvalue weighted by Gasteiger charge is -2.10. The quantitative estimate of drug-likeness (QED) is 0.498. The molecule has 2 aromatic carbocycles. The molecule has 6 nitrogen and oxygen atoms in total. The number of aryl methyl sites for hydroxylation is 1. The number of hydrogen-bond acceptors (Lipinski definition) is 5. The largest absolute Gasteiger partial charge is 0.454 e. The van der Waals surface area contributed by atoms with Crippen molar-refractivity contribution >= 4 is 46.0 Å². The predicted octanol–water partition coefficient (Wildman–Crippen LogP) is 5.08. The molecule has 2 aromatic heterocycles. The molecule has 0 radical (unpaired) electrons. The number of fused-ring (bicyclic) bond motifs is 2. The average Bonchev–Trinajstić information content (AvgIpc) is 3.45. The third kappa shape index (κ3) is 3.25. The Balaban J connectivity index is 1.51. The summed E-state index contributed by atoms with van der Waals surface area (Å²) in [6.07, 6.45) is 3.84. The second-order valence-electron chi connectivity index (χ2n) is 6.67. The summed E-state index contributed by atoms with van der Waals surface area (Å²) in [5.41, 5.74) is 4.21. The molecule has 1 amide bonds. The van der Waals surface area contributed by atoms with Crippen molar-refractivity contribution in [1.29, 1.82) is 0 Å². The first-order valence-electron chi connectivity index (χ1n) is 9.09. The van der Waals surface area contributed by atoms with Crippen LogP contribution in [0.5, 0.6) is 11.5 Å². The van der Waals surface area contributed by atoms with Crippen LogP contribution in [0.25, 0.3) is 23.1 Å². The summed E-state index contributed by atoms with van der Waals surface area (Å²) in [4.78, 5) is 13.4. The number of benzene rings is 2. The molecule has 0 atom stereocenters. The van der Waals surface area contributed by atoms with Crippen LogP contribution in [0.1, 0.15) is 26.5 Å². The minimum atomic E-state index is -0.142. The van der Waals surface area contributed by atoms with Crippen molar-refractivity contribution in [3.8, 4) is 11.5 Å². The monoisotopic (exact) mass is 403 g/mol. The maximum absolute atomic E-state index is 12.7. The summed E-state index contributed by atoms with van der Waals surface area (Å²) in [5.74, 6) is 1.13. The Hall–Kier alpha value is -3.58. The van der Waals surface area contributed by atoms with E-state index in [9.17, 15) is 4.79 Å². The highest BCUT2D eigenvalue weighted by Gasteiger charge is 2.19. The van der Waals surface area contributed by atoms with Gasteiger partial charge >= 0.3 is 0 Å². The van der Waals surface area contributed by atoms with Crippen LogP contribution in [0.2, 0.25) is 0 Å². The summed E-state index contributed by atoms with van der Waals surface area (Å²) in [6, 6.07) is 13.5. The molecule has 144 valence electrons. The Labute approximate surface area is 170 Å². The van der Waals surface area contributed by atoms with Gasteiger partial charge in [-0.2, -0.15) is 5.10 Å². The van der Waals surface area contributed by atoms with Crippen LogP contribution in [0.4, 0.5) is 5.69 Å². The van der Waals surface area contributed by atoms with Gasteiger partial charge in [0.15, 0.2) is 11.5 Å². The number of para-hydroxylation sites is 1. The molecule has 0 aliphatic carbocycles. The van der Waals surface area contributed by atoms with Gasteiger partial charge in [-0.15, -0.1) is 11.3 Å². The lowest BCUT2D eigenvalue weighted by Crippen LogP contribution is -2.12. The first kappa shape index (κ1) is 17.5. The predicted molar refractivity (Wildman–Crippen MR) is 115 cm³/mol. The van der Waals surface area contributed by atoms with E-state index < -0.39 is 0 Å². The number of aromatic amines is 1. The van der Waals surface area contributed by atoms with Crippen molar-refractivity contribution in [2.24, 2.45) is 0 Å². The van der Waals surface area contributed by atoms with Crippen LogP contribution in [0, 0.1) is 6.92 Å². The molecule has 4 aromatic rings. The van der Waals surface area contributed by atoms with Crippen molar-refractivity contribution in [1.82, 2.24) is 10.2 Å². The molecule has 2 N–H and O–H groups in total. The van der Waals surface area contributed by atoms with Gasteiger partial charge in [-0.05, 0) is 42.1 Å². The second kappa shape index (κ2) is 7.10. The molecule has 1 aliphatic rings. The summed E-state index contributed by atoms with van der Waals surface area (Å²) >= 11 is 1.42. The lowest BCUT2D eigenvalue weighted by atomic mass is 10.1. The molecule has 0 spiro atoms. The number of carbonyl (C=O) groups is 1. The zero-order chi connectivity index (χ0) is 19.8. The van der Waals surface area contributed by atoms with Gasteiger partial charge in [-0.3, -0.25) is 9.89 Å². The minimum Gasteiger partial charge on any atom is -0.454 e. The van der Waals surface area contributed by atoms with Crippen molar-refractivity contribution < 1.29 is 14.3 Å². The van der Waals surface area contributed by atoms with E-state index in [1.807, 2.05) is 60.9 Å². The number of thiophene rings is 1. The molecule has 7 heteroatoms. The van der Waals surface area contributed by atoms with E-state index in [4.69, 9.17) is 9.47 Å². The SMILES string of the molecule is Cc1ccsc1C(=O)Nc1cc2c(cc1/C=C/c1n[nH]c3ccccc13)OCO2. The molecular formula is C22H17N3O3S. The van der Waals surface area contributed by atoms with Crippen LogP contribution >= 0.6 is 11.3 Å². The third-order valence-corrected chi connectivity index (χ3v) is 5.80. The number of nitrogens with one attached hydrogen (secondary N) is 2. The Morgan fingerprint density at radius 2 is 2.00 bits per heavy atom. The fourth-order valence-electron chi connectivity index (χ4n) is 3.27. The molecule has 29 heavy (non-hydrogen) atoms. The van der Waals surface area contributed by atoms with Gasteiger partial charge in [0, 0.05) is 17.0 Å². The molecule has 0 fully saturated rings. The Morgan fingerprint density at radius 1 is 1.17 bits per heavy atom. The average molecular weight is 403 g/mol. The molecule has 5 rings (SSSR count). The number of aromatic nitrogens is 2. The fourth-order valence-corrected chi connectivity index (χ4v) is 4.09. The summed E-state index contributed by atoms with van der Waals surface area (Å²) in [7, 11) is 0. The highest BCUT2D eigenvalue weighted by molar-refractivity contribution is 7.12. The number of nitrogens with zero attached hydrogens (tertiary/aromatic N) is 1. The number of H-pyrrole nitrogens is 1. The summed E-state index contributed by atoms with van der Waals surface area (Å²) in [5, 5.41) is 13.3. The van der Waals surface area contributed by atoms with Crippen LogP contribution in [-0.4, -0.2) is 22.9 Å². The van der Waals surface area contributed by atoms with Crippen LogP contribution in [0.3, 0.4) is 0 Å². The number of ether oxygens (including phenoxy) is 2. The molecule has 0 unspecified atom stereocenters. The van der Waals surface area contributed by atoms with Crippen LogP contribution < -0.4 is 14.8 Å². The van der Waals surface area contributed by atoms with E-state index in [1.54, 1.807) is 6.07 Å². The molecule has 3 heterocycles. The molecule has 0 saturated carbocycles. The molecule has 0 bridgehead atoms. The molecule has 1 aliphatic heterocycles. The summed E-state index contributed by atoms with van der Waals surface area (Å²) < 4.78 is 11.0. The van der Waals surface area contributed by atoms with Gasteiger partial charge in [-0.25, -0.2) is 0 Å². The Morgan fingerprint density at radius 3 is 2.83 bits per heavy atom. The van der Waals surface area contributed by atoms with Crippen molar-refractivity contribution in [3.05, 3.63) is 69.5 Å². The van der Waals surface area contributed by atoms with Crippen LogP contribution in [0.15, 0.2) is 47.8 Å². The van der Waals surface area contributed by atoms with Gasteiger partial charge in [0.1, 0.15) is 0 Å². The van der Waals surface area contributed by atoms with Gasteiger partial charge < -0.3 is 14.8 Å². The van der Waals surface area contributed by atoms with E-state index in [0.717, 1.165) is 27.7 Å². The number of hydrogen-bond donors (Lipinski definition) is 2. The van der Waals surface area contributed by atoms with E-state index in [1.165, 1.54) is 11.3 Å². The highest BCUT2D eigenvalue weighted by atomic mass is 32.1. The third-order valence-electron chi connectivity index (χ3n) is 4.78. The van der Waals surface area contributed by atoms with Crippen molar-refractivity contribution in [2.75, 3.05) is 12.1 Å². The maximum Gasteiger partial charge on any atom is 0.266 e. The Bertz CT molecular complexity index is 1260. The maximum atomic E-state index is 12.7. The molecule has 0 saturated heterocycles. The Kier molecular flexibility index (Phi) is 4.29. The number of rotatable bonds is 4. The van der Waals surface area contributed by atoms with Gasteiger partial charge in [0.2, 0.25) is 6.79 Å². The van der Waals surface area contributed by atoms with Gasteiger partial charge in [0.05, 0.1) is 21.8 Å². The van der Waals surface area contributed by atoms with Crippen LogP contribution in [-0.2, 0) is 0 Å². The van der Waals surface area contributed by atoms with E-state index in [2.05, 4.69) is 15.5 Å². The first-order chi connectivity index (χ1) is 14.2. The number of anilines is 1. The van der Waals surface area contributed by atoms with Gasteiger partial charge in [-0.1, -0.05) is 24.3 Å². The lowest BCUT2D eigenvalue weighted by molar-refractivity contribution is 0.103. The minimum absolute atomic E-state index is 0.142. The second-order valence-corrected chi connectivity index (χ2v) is 7.58. The normalized spacial score (nSPS) is 12.7. The first-order valence-corrected chi connectivity index (χ1v) is 9.97. The zero-order valence-corrected chi connectivity index (χ0v) is 16.4. The van der Waals surface area contributed by atoms with E-state index in [0.29, 0.717) is 22.1 Å². The summed E-state index contributed by atoms with van der Waals surface area (Å²) in [6.45, 7) is 2.10. The number of carbonyl (C=O) groups excluding carboxylic acids is 1.